The molecule has 0 N–H and O–H groups in total. The third-order valence-corrected chi connectivity index (χ3v) is 76.7. The van der Waals surface area contributed by atoms with Gasteiger partial charge in [0.05, 0.1) is 11.6 Å². The van der Waals surface area contributed by atoms with Gasteiger partial charge in [-0.1, -0.05) is 58.9 Å². The lowest BCUT2D eigenvalue weighted by Gasteiger charge is -2.55. The van der Waals surface area contributed by atoms with E-state index >= 15 is 0 Å². The molecule has 3 aromatic rings. The lowest BCUT2D eigenvalue weighted by molar-refractivity contribution is 0.515. The molecule has 3 aromatic heterocycles. The molecule has 0 saturated heterocycles. The summed E-state index contributed by atoms with van der Waals surface area (Å²) in [6.07, 6.45) is 1.67. The average Bonchev–Trinajstić information content (AvgIpc) is 3.24. The zero-order valence-corrected chi connectivity index (χ0v) is 22.8. The third kappa shape index (κ3) is 3.32. The fourth-order valence-corrected chi connectivity index (χ4v) is 105. The minimum Gasteiger partial charge on any atom is -0.464 e. The molecule has 3 heterocycles. The van der Waals surface area contributed by atoms with E-state index in [-0.39, 0.29) is 0 Å². The molecule has 0 spiro atoms. The highest BCUT2D eigenvalue weighted by Gasteiger charge is 2.64. The Balaban J connectivity index is 2.12. The van der Waals surface area contributed by atoms with Crippen LogP contribution in [0.4, 0.5) is 0 Å². The van der Waals surface area contributed by atoms with Gasteiger partial charge in [-0.25, -0.2) is 0 Å². The van der Waals surface area contributed by atoms with Crippen LogP contribution in [0.5, 0.6) is 0 Å². The Kier molecular flexibility index (Phi) is 5.27. The number of hydrogen-bond acceptors (Lipinski definition) is 3. The first-order valence-corrected chi connectivity index (χ1v) is 25.5. The van der Waals surface area contributed by atoms with Gasteiger partial charge in [-0.05, 0) is 36.4 Å². The summed E-state index contributed by atoms with van der Waals surface area (Å²) in [6, 6.07) is 12.2. The van der Waals surface area contributed by atoms with Crippen molar-refractivity contribution in [3.05, 3.63) is 42.7 Å². The molecular formula is C21H34O3Si4. The second-order valence-corrected chi connectivity index (χ2v) is 51.0. The van der Waals surface area contributed by atoms with Crippen molar-refractivity contribution < 1.29 is 13.3 Å². The monoisotopic (exact) mass is 446 g/mol. The van der Waals surface area contributed by atoms with Gasteiger partial charge in [0.25, 0.3) is 0 Å². The molecule has 0 aliphatic rings. The fraction of sp³-hybridized carbons (Fsp3) is 0.429. The van der Waals surface area contributed by atoms with E-state index in [4.69, 9.17) is 13.3 Å². The summed E-state index contributed by atoms with van der Waals surface area (Å²) in [7, 11) is -4.35. The van der Waals surface area contributed by atoms with Gasteiger partial charge in [0.15, 0.2) is 23.0 Å². The Labute approximate surface area is 172 Å². The normalized spacial score (nSPS) is 13.9. The molecule has 28 heavy (non-hydrogen) atoms. The Hall–Kier alpha value is -1.29. The van der Waals surface area contributed by atoms with Gasteiger partial charge in [0, 0.05) is 22.8 Å². The van der Waals surface area contributed by atoms with Crippen LogP contribution in [-0.4, -0.2) is 29.4 Å². The molecule has 0 aliphatic heterocycles. The molecule has 0 bridgehead atoms. The summed E-state index contributed by atoms with van der Waals surface area (Å²) in [5.41, 5.74) is 0. The molecule has 0 amide bonds. The zero-order valence-electron chi connectivity index (χ0n) is 18.8. The molecule has 0 saturated carbocycles. The van der Waals surface area contributed by atoms with E-state index in [9.17, 15) is 0 Å². The average molecular weight is 447 g/mol. The molecule has 0 atom stereocenters. The summed E-state index contributed by atoms with van der Waals surface area (Å²) in [6.45, 7) is 21.5. The Morgan fingerprint density at radius 3 is 1.46 bits per heavy atom. The quantitative estimate of drug-likeness (QED) is 0.395. The van der Waals surface area contributed by atoms with Crippen LogP contribution in [0.25, 0.3) is 23.0 Å². The van der Waals surface area contributed by atoms with Gasteiger partial charge in [0.1, 0.15) is 6.63 Å². The SMILES string of the molecule is C[Si](C)(C)[Si](c1ccc(-c2ccc(-c3ccco3)o2)o1)([Si](C)(C)C)[Si](C)(C)C. The highest BCUT2D eigenvalue weighted by Crippen LogP contribution is 2.38. The first kappa shape index (κ1) is 21.4. The van der Waals surface area contributed by atoms with E-state index in [1.54, 1.807) is 6.26 Å². The lowest BCUT2D eigenvalue weighted by Crippen LogP contribution is -2.88. The molecule has 7 heteroatoms. The predicted octanol–water partition coefficient (Wildman–Crippen LogP) is 6.71. The minimum absolute atomic E-state index is 0.738. The molecule has 0 aromatic carbocycles. The maximum Gasteiger partial charge on any atom is 0.170 e. The van der Waals surface area contributed by atoms with Gasteiger partial charge in [0.2, 0.25) is 0 Å². The summed E-state index contributed by atoms with van der Waals surface area (Å²) >= 11 is 0. The van der Waals surface area contributed by atoms with E-state index in [0.29, 0.717) is 0 Å². The largest absolute Gasteiger partial charge is 0.464 e. The molecular weight excluding hydrogens is 413 g/mol. The van der Waals surface area contributed by atoms with E-state index in [1.807, 2.05) is 24.3 Å². The van der Waals surface area contributed by atoms with Crippen molar-refractivity contribution in [1.29, 1.82) is 0 Å². The highest BCUT2D eigenvalue weighted by molar-refractivity contribution is 7.92. The minimum atomic E-state index is -1.74. The van der Waals surface area contributed by atoms with Crippen molar-refractivity contribution in [2.45, 2.75) is 58.9 Å². The van der Waals surface area contributed by atoms with Crippen molar-refractivity contribution in [2.75, 3.05) is 0 Å². The van der Waals surface area contributed by atoms with Crippen LogP contribution in [0.1, 0.15) is 0 Å². The van der Waals surface area contributed by atoms with E-state index in [2.05, 4.69) is 71.1 Å². The topological polar surface area (TPSA) is 39.4 Å². The van der Waals surface area contributed by atoms with Gasteiger partial charge in [-0.15, -0.1) is 0 Å². The molecule has 0 radical (unpaired) electrons. The van der Waals surface area contributed by atoms with E-state index < -0.39 is 29.4 Å². The van der Waals surface area contributed by atoms with Crippen LogP contribution in [0, 0.1) is 0 Å². The van der Waals surface area contributed by atoms with Gasteiger partial charge in [-0.2, -0.15) is 0 Å². The number of furan rings is 3. The number of rotatable bonds is 6. The Morgan fingerprint density at radius 1 is 0.536 bits per heavy atom. The molecule has 0 fully saturated rings. The molecule has 3 nitrogen and oxygen atoms in total. The summed E-state index contributed by atoms with van der Waals surface area (Å²) in [5, 5.41) is 1.33. The third-order valence-electron chi connectivity index (χ3n) is 5.96. The second kappa shape index (κ2) is 6.90. The first-order chi connectivity index (χ1) is 12.8. The van der Waals surface area contributed by atoms with Gasteiger partial charge >= 0.3 is 0 Å². The number of hydrogen-bond donors (Lipinski definition) is 0. The van der Waals surface area contributed by atoms with Crippen LogP contribution >= 0.6 is 0 Å². The summed E-state index contributed by atoms with van der Waals surface area (Å²) in [5.74, 6) is 3.11. The maximum absolute atomic E-state index is 6.69. The van der Waals surface area contributed by atoms with Crippen LogP contribution in [0.15, 0.2) is 55.9 Å². The standard InChI is InChI=1S/C21H34O3Si4/c1-25(2,3)28(26(4,5)6,27(7,8)9)21-15-14-20(24-21)19-13-12-18(23-19)17-11-10-16-22-17/h10-16H,1-9H3. The molecule has 152 valence electrons. The first-order valence-electron chi connectivity index (χ1n) is 10.0. The lowest BCUT2D eigenvalue weighted by atomic mass is 10.3. The van der Waals surface area contributed by atoms with Gasteiger partial charge < -0.3 is 13.3 Å². The van der Waals surface area contributed by atoms with Crippen molar-refractivity contribution in [1.82, 2.24) is 0 Å². The van der Waals surface area contributed by atoms with Crippen LogP contribution in [0.2, 0.25) is 58.9 Å². The molecule has 0 unspecified atom stereocenters. The van der Waals surface area contributed by atoms with E-state index in [0.717, 1.165) is 23.0 Å². The van der Waals surface area contributed by atoms with Crippen molar-refractivity contribution in [2.24, 2.45) is 0 Å². The Morgan fingerprint density at radius 2 is 1.00 bits per heavy atom. The maximum atomic E-state index is 6.69. The second-order valence-electron chi connectivity index (χ2n) is 10.8. The molecule has 0 aliphatic carbocycles. The summed E-state index contributed by atoms with van der Waals surface area (Å²) in [4.78, 5) is 0. The predicted molar refractivity (Wildman–Crippen MR) is 130 cm³/mol. The zero-order chi connectivity index (χ0) is 21.0. The van der Waals surface area contributed by atoms with Crippen LogP contribution in [0.3, 0.4) is 0 Å². The highest BCUT2D eigenvalue weighted by atomic mass is 29.9. The van der Waals surface area contributed by atoms with E-state index in [1.165, 1.54) is 5.38 Å². The summed E-state index contributed by atoms with van der Waals surface area (Å²) < 4.78 is 18.2. The van der Waals surface area contributed by atoms with Crippen molar-refractivity contribution >= 4 is 34.8 Å². The molecule has 3 rings (SSSR count). The van der Waals surface area contributed by atoms with Gasteiger partial charge in [-0.3, -0.25) is 0 Å². The smallest absolute Gasteiger partial charge is 0.170 e. The van der Waals surface area contributed by atoms with Crippen molar-refractivity contribution in [3.8, 4) is 23.0 Å². The Bertz CT molecular complexity index is 896. The fourth-order valence-electron chi connectivity index (χ4n) is 6.18. The van der Waals surface area contributed by atoms with Crippen LogP contribution < -0.4 is 5.38 Å². The van der Waals surface area contributed by atoms with Crippen LogP contribution in [-0.2, 0) is 0 Å². The van der Waals surface area contributed by atoms with Crippen molar-refractivity contribution in [3.63, 3.8) is 0 Å².